The van der Waals surface area contributed by atoms with Crippen molar-refractivity contribution in [3.05, 3.63) is 28.8 Å². The van der Waals surface area contributed by atoms with Gasteiger partial charge in [-0.3, -0.25) is 0 Å². The van der Waals surface area contributed by atoms with E-state index >= 15 is 0 Å². The lowest BCUT2D eigenvalue weighted by atomic mass is 9.88. The fourth-order valence-corrected chi connectivity index (χ4v) is 4.42. The highest BCUT2D eigenvalue weighted by Crippen LogP contribution is 2.40. The van der Waals surface area contributed by atoms with Crippen LogP contribution in [0.5, 0.6) is 0 Å². The number of fused-ring (bicyclic) bond motifs is 1. The van der Waals surface area contributed by atoms with Crippen LogP contribution in [0.25, 0.3) is 11.0 Å². The highest BCUT2D eigenvalue weighted by Gasteiger charge is 2.32. The van der Waals surface area contributed by atoms with Crippen molar-refractivity contribution in [2.24, 2.45) is 0 Å². The molecule has 0 spiro atoms. The molecule has 108 valence electrons. The lowest BCUT2D eigenvalue weighted by Crippen LogP contribution is -2.33. The van der Waals surface area contributed by atoms with Crippen LogP contribution in [0.3, 0.4) is 0 Å². The maximum Gasteiger partial charge on any atom is 0.178 e. The SMILES string of the molecule is CSC1(Cn2c(=S)[nH]c3ccc(F)cc32)CCCCC1. The number of hydrogen-bond donors (Lipinski definition) is 1. The molecule has 2 nitrogen and oxygen atoms in total. The third kappa shape index (κ3) is 2.53. The minimum absolute atomic E-state index is 0.206. The first-order valence-electron chi connectivity index (χ1n) is 7.07. The fraction of sp³-hybridized carbons (Fsp3) is 0.533. The van der Waals surface area contributed by atoms with Gasteiger partial charge in [-0.1, -0.05) is 19.3 Å². The maximum atomic E-state index is 13.5. The Hall–Kier alpha value is -0.810. The van der Waals surface area contributed by atoms with E-state index < -0.39 is 0 Å². The van der Waals surface area contributed by atoms with Gasteiger partial charge in [0, 0.05) is 11.3 Å². The zero-order valence-electron chi connectivity index (χ0n) is 11.6. The topological polar surface area (TPSA) is 20.7 Å². The quantitative estimate of drug-likeness (QED) is 0.814. The third-order valence-electron chi connectivity index (χ3n) is 4.38. The molecule has 5 heteroatoms. The lowest BCUT2D eigenvalue weighted by Gasteiger charge is -2.36. The van der Waals surface area contributed by atoms with Crippen molar-refractivity contribution in [2.75, 3.05) is 6.26 Å². The highest BCUT2D eigenvalue weighted by atomic mass is 32.2. The van der Waals surface area contributed by atoms with E-state index in [2.05, 4.69) is 15.8 Å². The number of hydrogen-bond acceptors (Lipinski definition) is 2. The number of H-pyrrole nitrogens is 1. The average Bonchev–Trinajstić information content (AvgIpc) is 2.76. The summed E-state index contributed by atoms with van der Waals surface area (Å²) in [5.41, 5.74) is 1.80. The van der Waals surface area contributed by atoms with Crippen LogP contribution in [0.4, 0.5) is 4.39 Å². The van der Waals surface area contributed by atoms with E-state index in [1.165, 1.54) is 38.2 Å². The lowest BCUT2D eigenvalue weighted by molar-refractivity contribution is 0.360. The molecular weight excluding hydrogens is 291 g/mol. The van der Waals surface area contributed by atoms with Crippen molar-refractivity contribution >= 4 is 35.0 Å². The molecule has 0 saturated heterocycles. The number of halogens is 1. The average molecular weight is 310 g/mol. The van der Waals surface area contributed by atoms with E-state index in [1.54, 1.807) is 12.1 Å². The molecule has 1 N–H and O–H groups in total. The summed E-state index contributed by atoms with van der Waals surface area (Å²) in [5.74, 6) is -0.206. The van der Waals surface area contributed by atoms with Crippen molar-refractivity contribution < 1.29 is 4.39 Å². The second kappa shape index (κ2) is 5.53. The summed E-state index contributed by atoms with van der Waals surface area (Å²) in [7, 11) is 0. The van der Waals surface area contributed by atoms with Crippen LogP contribution >= 0.6 is 24.0 Å². The maximum absolute atomic E-state index is 13.5. The molecule has 1 heterocycles. The Morgan fingerprint density at radius 3 is 2.80 bits per heavy atom. The number of nitrogens with zero attached hydrogens (tertiary/aromatic N) is 1. The Morgan fingerprint density at radius 1 is 1.35 bits per heavy atom. The van der Waals surface area contributed by atoms with Crippen LogP contribution in [0.15, 0.2) is 18.2 Å². The van der Waals surface area contributed by atoms with Crippen molar-refractivity contribution in [3.63, 3.8) is 0 Å². The molecule has 0 bridgehead atoms. The van der Waals surface area contributed by atoms with Gasteiger partial charge in [-0.2, -0.15) is 11.8 Å². The van der Waals surface area contributed by atoms with Gasteiger partial charge in [0.15, 0.2) is 4.77 Å². The molecule has 0 amide bonds. The summed E-state index contributed by atoms with van der Waals surface area (Å²) in [6.45, 7) is 0.871. The first kappa shape index (κ1) is 14.1. The van der Waals surface area contributed by atoms with Crippen molar-refractivity contribution in [1.82, 2.24) is 9.55 Å². The molecule has 1 aliphatic carbocycles. The molecule has 20 heavy (non-hydrogen) atoms. The van der Waals surface area contributed by atoms with Crippen LogP contribution in [0.1, 0.15) is 32.1 Å². The normalized spacial score (nSPS) is 18.5. The van der Waals surface area contributed by atoms with Gasteiger partial charge in [-0.15, -0.1) is 0 Å². The number of thioether (sulfide) groups is 1. The van der Waals surface area contributed by atoms with Crippen LogP contribution < -0.4 is 0 Å². The van der Waals surface area contributed by atoms with Crippen molar-refractivity contribution in [2.45, 2.75) is 43.4 Å². The monoisotopic (exact) mass is 310 g/mol. The second-order valence-corrected chi connectivity index (χ2v) is 7.29. The molecule has 1 aromatic carbocycles. The molecule has 1 fully saturated rings. The predicted octanol–water partition coefficient (Wildman–Crippen LogP) is 4.90. The van der Waals surface area contributed by atoms with E-state index in [4.69, 9.17) is 12.2 Å². The summed E-state index contributed by atoms with van der Waals surface area (Å²) in [6.07, 6.45) is 8.52. The number of aromatic amines is 1. The summed E-state index contributed by atoms with van der Waals surface area (Å²) >= 11 is 7.38. The molecule has 1 aromatic heterocycles. The van der Waals surface area contributed by atoms with E-state index in [1.807, 2.05) is 11.8 Å². The van der Waals surface area contributed by atoms with Gasteiger partial charge >= 0.3 is 0 Å². The summed E-state index contributed by atoms with van der Waals surface area (Å²) in [5, 5.41) is 0. The van der Waals surface area contributed by atoms with Crippen molar-refractivity contribution in [3.8, 4) is 0 Å². The van der Waals surface area contributed by atoms with Gasteiger partial charge < -0.3 is 9.55 Å². The number of imidazole rings is 1. The van der Waals surface area contributed by atoms with Crippen LogP contribution in [0.2, 0.25) is 0 Å². The zero-order valence-corrected chi connectivity index (χ0v) is 13.2. The van der Waals surface area contributed by atoms with Gasteiger partial charge in [0.05, 0.1) is 11.0 Å². The summed E-state index contributed by atoms with van der Waals surface area (Å²) < 4.78 is 16.5. The number of benzene rings is 1. The Kier molecular flexibility index (Phi) is 3.91. The molecule has 1 aliphatic rings. The number of rotatable bonds is 3. The Labute approximate surface area is 127 Å². The van der Waals surface area contributed by atoms with E-state index in [0.717, 1.165) is 17.6 Å². The highest BCUT2D eigenvalue weighted by molar-refractivity contribution is 8.00. The fourth-order valence-electron chi connectivity index (χ4n) is 3.19. The van der Waals surface area contributed by atoms with Gasteiger partial charge in [0.25, 0.3) is 0 Å². The van der Waals surface area contributed by atoms with E-state index in [9.17, 15) is 4.39 Å². The van der Waals surface area contributed by atoms with E-state index in [0.29, 0.717) is 4.77 Å². The molecule has 0 aliphatic heterocycles. The first-order chi connectivity index (χ1) is 9.63. The van der Waals surface area contributed by atoms with E-state index in [-0.39, 0.29) is 10.6 Å². The largest absolute Gasteiger partial charge is 0.331 e. The molecule has 0 radical (unpaired) electrons. The smallest absolute Gasteiger partial charge is 0.178 e. The molecule has 0 unspecified atom stereocenters. The molecule has 1 saturated carbocycles. The minimum Gasteiger partial charge on any atom is -0.331 e. The number of nitrogens with one attached hydrogen (secondary N) is 1. The third-order valence-corrected chi connectivity index (χ3v) is 6.11. The molecule has 3 rings (SSSR count). The van der Waals surface area contributed by atoms with Crippen LogP contribution in [-0.4, -0.2) is 20.6 Å². The number of aromatic nitrogens is 2. The standard InChI is InChI=1S/C15H19FN2S2/c1-20-15(7-3-2-4-8-15)10-18-13-9-11(16)5-6-12(13)17-14(18)19/h5-6,9H,2-4,7-8,10H2,1H3,(H,17,19). The van der Waals surface area contributed by atoms with Gasteiger partial charge in [0.1, 0.15) is 5.82 Å². The molecular formula is C15H19FN2S2. The molecule has 0 atom stereocenters. The van der Waals surface area contributed by atoms with Crippen LogP contribution in [-0.2, 0) is 6.54 Å². The second-order valence-electron chi connectivity index (χ2n) is 5.63. The van der Waals surface area contributed by atoms with Gasteiger partial charge in [-0.25, -0.2) is 4.39 Å². The molecule has 2 aromatic rings. The predicted molar refractivity (Wildman–Crippen MR) is 86.4 cm³/mol. The Balaban J connectivity index is 2.03. The Bertz CT molecular complexity index is 668. The summed E-state index contributed by atoms with van der Waals surface area (Å²) in [6, 6.07) is 4.82. The van der Waals surface area contributed by atoms with Gasteiger partial charge in [0.2, 0.25) is 0 Å². The Morgan fingerprint density at radius 2 is 2.10 bits per heavy atom. The van der Waals surface area contributed by atoms with Crippen molar-refractivity contribution in [1.29, 1.82) is 0 Å². The zero-order chi connectivity index (χ0) is 14.2. The van der Waals surface area contributed by atoms with Crippen LogP contribution in [0, 0.1) is 10.6 Å². The first-order valence-corrected chi connectivity index (χ1v) is 8.70. The van der Waals surface area contributed by atoms with Gasteiger partial charge in [-0.05, 0) is 49.5 Å². The summed E-state index contributed by atoms with van der Waals surface area (Å²) in [4.78, 5) is 3.19. The minimum atomic E-state index is -0.206.